The summed E-state index contributed by atoms with van der Waals surface area (Å²) in [4.78, 5) is 12.6. The normalized spacial score (nSPS) is 31.2. The Bertz CT molecular complexity index is 601. The molecule has 2 unspecified atom stereocenters. The summed E-state index contributed by atoms with van der Waals surface area (Å²) in [7, 11) is 0.397. The number of hydrogen-bond acceptors (Lipinski definition) is 3. The highest BCUT2D eigenvalue weighted by molar-refractivity contribution is 7.86. The van der Waals surface area contributed by atoms with Crippen LogP contribution in [0, 0.1) is 17.6 Å². The molecule has 0 spiro atoms. The molecule has 6 heteroatoms. The molecule has 0 saturated carbocycles. The highest BCUT2D eigenvalue weighted by atomic mass is 32.2. The summed E-state index contributed by atoms with van der Waals surface area (Å²) in [5.74, 6) is -2.50. The van der Waals surface area contributed by atoms with Crippen LogP contribution < -0.4 is 4.74 Å². The van der Waals surface area contributed by atoms with E-state index in [4.69, 9.17) is 4.74 Å². The van der Waals surface area contributed by atoms with Crippen LogP contribution in [0.25, 0.3) is 0 Å². The molecule has 0 N–H and O–H groups in total. The molecule has 0 amide bonds. The average Bonchev–Trinajstić information content (AvgIpc) is 2.67. The molecule has 2 fully saturated rings. The van der Waals surface area contributed by atoms with Crippen LogP contribution in [0.1, 0.15) is 36.0 Å². The van der Waals surface area contributed by atoms with Crippen LogP contribution in [0.2, 0.25) is 0 Å². The highest BCUT2D eigenvalue weighted by Crippen LogP contribution is 2.41. The Kier molecular flexibility index (Phi) is 3.82. The van der Waals surface area contributed by atoms with Gasteiger partial charge in [-0.05, 0) is 31.7 Å². The number of halogens is 2. The summed E-state index contributed by atoms with van der Waals surface area (Å²) in [5.41, 5.74) is -0.0490. The molecule has 3 rings (SSSR count). The van der Waals surface area contributed by atoms with Gasteiger partial charge in [-0.1, -0.05) is 0 Å². The smallest absolute Gasteiger partial charge is 0.169 e. The third kappa shape index (κ3) is 2.50. The molecule has 2 aliphatic rings. The van der Waals surface area contributed by atoms with Crippen LogP contribution in [0.3, 0.4) is 0 Å². The fourth-order valence-corrected chi connectivity index (χ4v) is 5.54. The largest absolute Gasteiger partial charge is 0.493 e. The lowest BCUT2D eigenvalue weighted by atomic mass is 9.90. The van der Waals surface area contributed by atoms with Crippen LogP contribution in [0.4, 0.5) is 8.78 Å². The quantitative estimate of drug-likeness (QED) is 0.806. The number of benzene rings is 1. The lowest BCUT2D eigenvalue weighted by molar-refractivity contribution is 0.0901. The van der Waals surface area contributed by atoms with Crippen molar-refractivity contribution in [3.05, 3.63) is 29.3 Å². The lowest BCUT2D eigenvalue weighted by Crippen LogP contribution is -2.32. The van der Waals surface area contributed by atoms with Gasteiger partial charge in [-0.2, -0.15) is 0 Å². The van der Waals surface area contributed by atoms with Gasteiger partial charge in [0.1, 0.15) is 5.82 Å². The van der Waals surface area contributed by atoms with E-state index in [1.807, 2.05) is 0 Å². The second-order valence-electron chi connectivity index (χ2n) is 5.65. The first-order chi connectivity index (χ1) is 10.0. The number of ether oxygens (including phenoxy) is 1. The molecule has 0 radical (unpaired) electrons. The summed E-state index contributed by atoms with van der Waals surface area (Å²) in [6.45, 7) is 0. The van der Waals surface area contributed by atoms with E-state index in [1.165, 1.54) is 7.11 Å². The van der Waals surface area contributed by atoms with Crippen molar-refractivity contribution in [3.63, 3.8) is 0 Å². The SMILES string of the molecule is COc1c(F)cc(F)cc1C(=O)C1CC2CCC(C1)S2=O. The fraction of sp³-hybridized carbons (Fsp3) is 0.533. The summed E-state index contributed by atoms with van der Waals surface area (Å²) < 4.78 is 44.0. The van der Waals surface area contributed by atoms with E-state index in [0.717, 1.165) is 18.9 Å². The number of ketones is 1. The van der Waals surface area contributed by atoms with Crippen LogP contribution in [0.5, 0.6) is 5.75 Å². The lowest BCUT2D eigenvalue weighted by Gasteiger charge is -2.26. The minimum Gasteiger partial charge on any atom is -0.493 e. The Balaban J connectivity index is 1.91. The second-order valence-corrected chi connectivity index (χ2v) is 7.64. The van der Waals surface area contributed by atoms with Crippen molar-refractivity contribution >= 4 is 16.6 Å². The van der Waals surface area contributed by atoms with Crippen molar-refractivity contribution < 1.29 is 22.5 Å². The van der Waals surface area contributed by atoms with Gasteiger partial charge in [0.25, 0.3) is 0 Å². The van der Waals surface area contributed by atoms with Gasteiger partial charge in [0.2, 0.25) is 0 Å². The molecule has 0 aliphatic carbocycles. The number of carbonyl (C=O) groups excluding carboxylic acids is 1. The zero-order valence-corrected chi connectivity index (χ0v) is 12.4. The third-order valence-electron chi connectivity index (χ3n) is 4.41. The number of Topliss-reactive ketones (excluding diaryl/α,β-unsaturated/α-hetero) is 1. The zero-order valence-electron chi connectivity index (χ0n) is 11.6. The van der Waals surface area contributed by atoms with Gasteiger partial charge in [0.15, 0.2) is 17.3 Å². The number of rotatable bonds is 3. The first kappa shape index (κ1) is 14.6. The predicted octanol–water partition coefficient (Wildman–Crippen LogP) is 2.85. The fourth-order valence-electron chi connectivity index (χ4n) is 3.42. The summed E-state index contributed by atoms with van der Waals surface area (Å²) in [6.07, 6.45) is 2.80. The van der Waals surface area contributed by atoms with E-state index in [0.29, 0.717) is 18.9 Å². The summed E-state index contributed by atoms with van der Waals surface area (Å²) in [6, 6.07) is 1.73. The molecule has 2 bridgehead atoms. The Morgan fingerprint density at radius 1 is 1.24 bits per heavy atom. The van der Waals surface area contributed by atoms with Crippen LogP contribution in [-0.2, 0) is 10.8 Å². The van der Waals surface area contributed by atoms with E-state index in [2.05, 4.69) is 0 Å². The van der Waals surface area contributed by atoms with Crippen molar-refractivity contribution in [2.45, 2.75) is 36.2 Å². The first-order valence-corrected chi connectivity index (χ1v) is 8.25. The molecule has 2 aliphatic heterocycles. The zero-order chi connectivity index (χ0) is 15.1. The van der Waals surface area contributed by atoms with Gasteiger partial charge >= 0.3 is 0 Å². The van der Waals surface area contributed by atoms with Gasteiger partial charge in [-0.3, -0.25) is 9.00 Å². The standard InChI is InChI=1S/C15H16F2O3S/c1-20-15-12(6-9(16)7-13(15)17)14(18)8-4-10-2-3-11(5-8)21(10)19/h6-8,10-11H,2-5H2,1H3. The first-order valence-electron chi connectivity index (χ1n) is 6.98. The molecule has 1 aromatic carbocycles. The number of fused-ring (bicyclic) bond motifs is 2. The minimum atomic E-state index is -0.872. The third-order valence-corrected chi connectivity index (χ3v) is 6.58. The number of carbonyl (C=O) groups is 1. The molecular weight excluding hydrogens is 298 g/mol. The molecule has 1 aromatic rings. The van der Waals surface area contributed by atoms with Crippen LogP contribution >= 0.6 is 0 Å². The maximum atomic E-state index is 13.7. The van der Waals surface area contributed by atoms with E-state index in [1.54, 1.807) is 0 Å². The van der Waals surface area contributed by atoms with Gasteiger partial charge in [-0.25, -0.2) is 8.78 Å². The van der Waals surface area contributed by atoms with E-state index in [9.17, 15) is 17.8 Å². The molecule has 2 atom stereocenters. The molecule has 21 heavy (non-hydrogen) atoms. The number of methoxy groups -OCH3 is 1. The molecular formula is C15H16F2O3S. The Morgan fingerprint density at radius 2 is 1.86 bits per heavy atom. The van der Waals surface area contributed by atoms with Crippen molar-refractivity contribution in [2.24, 2.45) is 5.92 Å². The minimum absolute atomic E-state index is 0.0436. The Labute approximate surface area is 124 Å². The van der Waals surface area contributed by atoms with E-state index < -0.39 is 22.4 Å². The molecule has 0 aromatic heterocycles. The summed E-state index contributed by atoms with van der Waals surface area (Å²) in [5, 5.41) is 0.0872. The highest BCUT2D eigenvalue weighted by Gasteiger charge is 2.43. The summed E-state index contributed by atoms with van der Waals surface area (Å²) >= 11 is 0. The molecule has 2 saturated heterocycles. The van der Waals surface area contributed by atoms with Gasteiger partial charge < -0.3 is 4.74 Å². The maximum absolute atomic E-state index is 13.7. The predicted molar refractivity (Wildman–Crippen MR) is 74.9 cm³/mol. The van der Waals surface area contributed by atoms with Gasteiger partial charge in [-0.15, -0.1) is 0 Å². The van der Waals surface area contributed by atoms with Crippen LogP contribution in [0.15, 0.2) is 12.1 Å². The maximum Gasteiger partial charge on any atom is 0.169 e. The van der Waals surface area contributed by atoms with E-state index in [-0.39, 0.29) is 33.5 Å². The van der Waals surface area contributed by atoms with Crippen molar-refractivity contribution in [2.75, 3.05) is 7.11 Å². The second kappa shape index (κ2) is 5.48. The molecule has 3 nitrogen and oxygen atoms in total. The topological polar surface area (TPSA) is 43.4 Å². The average molecular weight is 314 g/mol. The van der Waals surface area contributed by atoms with Crippen LogP contribution in [-0.4, -0.2) is 27.6 Å². The Morgan fingerprint density at radius 3 is 2.43 bits per heavy atom. The van der Waals surface area contributed by atoms with Gasteiger partial charge in [0.05, 0.1) is 12.7 Å². The monoisotopic (exact) mass is 314 g/mol. The molecule has 114 valence electrons. The van der Waals surface area contributed by atoms with Gasteiger partial charge in [0, 0.05) is 33.3 Å². The van der Waals surface area contributed by atoms with Crippen molar-refractivity contribution in [1.29, 1.82) is 0 Å². The van der Waals surface area contributed by atoms with Crippen molar-refractivity contribution in [3.8, 4) is 5.75 Å². The number of hydrogen-bond donors (Lipinski definition) is 0. The molecule has 2 heterocycles. The Hall–Kier alpha value is -1.30. The van der Waals surface area contributed by atoms with E-state index >= 15 is 0 Å². The van der Waals surface area contributed by atoms with Crippen molar-refractivity contribution in [1.82, 2.24) is 0 Å².